The van der Waals surface area contributed by atoms with Gasteiger partial charge in [-0.05, 0) is 54.1 Å². The Morgan fingerprint density at radius 1 is 0.944 bits per heavy atom. The van der Waals surface area contributed by atoms with E-state index in [9.17, 15) is 22.8 Å². The number of alkyl halides is 3. The number of aromatic nitrogens is 3. The van der Waals surface area contributed by atoms with Gasteiger partial charge in [0.15, 0.2) is 0 Å². The molecule has 2 aromatic heterocycles. The molecule has 1 fully saturated rings. The number of amides is 1. The number of halogens is 3. The van der Waals surface area contributed by atoms with Gasteiger partial charge in [-0.15, -0.1) is 0 Å². The Morgan fingerprint density at radius 2 is 1.64 bits per heavy atom. The number of piperazine rings is 1. The number of nitrogens with one attached hydrogen (secondary N) is 1. The van der Waals surface area contributed by atoms with E-state index < -0.39 is 11.7 Å². The maximum Gasteiger partial charge on any atom is 0.416 e. The van der Waals surface area contributed by atoms with Crippen molar-refractivity contribution in [3.05, 3.63) is 99.6 Å². The topological polar surface area (TPSA) is 82.2 Å². The molecule has 5 rings (SSSR count). The number of anilines is 1. The van der Waals surface area contributed by atoms with Crippen LogP contribution in [0.2, 0.25) is 0 Å². The molecular formula is C26H22F3N5O2. The molecule has 1 aliphatic heterocycles. The maximum atomic E-state index is 13.0. The molecule has 0 unspecified atom stereocenters. The Bertz CT molecular complexity index is 1440. The van der Waals surface area contributed by atoms with E-state index in [0.717, 1.165) is 17.7 Å². The number of rotatable bonds is 4. The number of fused-ring (bicyclic) bond motifs is 1. The van der Waals surface area contributed by atoms with E-state index in [1.54, 1.807) is 35.4 Å². The average Bonchev–Trinajstić information content (AvgIpc) is 2.90. The van der Waals surface area contributed by atoms with Gasteiger partial charge in [0.25, 0.3) is 11.5 Å². The lowest BCUT2D eigenvalue weighted by Gasteiger charge is -2.36. The van der Waals surface area contributed by atoms with E-state index >= 15 is 0 Å². The summed E-state index contributed by atoms with van der Waals surface area (Å²) in [5.41, 5.74) is 2.41. The van der Waals surface area contributed by atoms with E-state index in [-0.39, 0.29) is 11.5 Å². The van der Waals surface area contributed by atoms with Crippen LogP contribution in [0.4, 0.5) is 18.9 Å². The van der Waals surface area contributed by atoms with Crippen LogP contribution in [0.25, 0.3) is 10.9 Å². The molecule has 4 aromatic rings. The number of benzene rings is 2. The summed E-state index contributed by atoms with van der Waals surface area (Å²) < 4.78 is 38.4. The van der Waals surface area contributed by atoms with Crippen molar-refractivity contribution in [1.82, 2.24) is 20.1 Å². The lowest BCUT2D eigenvalue weighted by atomic mass is 10.0. The molecule has 7 nitrogen and oxygen atoms in total. The number of aromatic amines is 1. The standard InChI is InChI=1S/C26H22F3N5O2/c27-26(28,29)19-7-9-20(10-8-19)33-12-14-34(15-13-33)25(36)18-5-3-17(4-6-18)16-22-23-21(2-1-11-30-23)24(35)32-31-22/h1-11H,12-16H2,(H,32,35). The second kappa shape index (κ2) is 9.44. The van der Waals surface area contributed by atoms with E-state index in [1.807, 2.05) is 17.0 Å². The molecule has 3 heterocycles. The van der Waals surface area contributed by atoms with Gasteiger partial charge in [-0.2, -0.15) is 18.3 Å². The van der Waals surface area contributed by atoms with Gasteiger partial charge in [0.1, 0.15) is 0 Å². The van der Waals surface area contributed by atoms with Gasteiger partial charge >= 0.3 is 6.18 Å². The average molecular weight is 493 g/mol. The Balaban J connectivity index is 1.22. The highest BCUT2D eigenvalue weighted by atomic mass is 19.4. The predicted octanol–water partition coefficient (Wildman–Crippen LogP) is 3.89. The lowest BCUT2D eigenvalue weighted by molar-refractivity contribution is -0.137. The predicted molar refractivity (Wildman–Crippen MR) is 129 cm³/mol. The molecule has 1 aliphatic rings. The van der Waals surface area contributed by atoms with Crippen molar-refractivity contribution in [2.75, 3.05) is 31.1 Å². The van der Waals surface area contributed by atoms with Crippen molar-refractivity contribution < 1.29 is 18.0 Å². The second-order valence-electron chi connectivity index (χ2n) is 8.60. The monoisotopic (exact) mass is 493 g/mol. The fourth-order valence-electron chi connectivity index (χ4n) is 4.34. The molecule has 10 heteroatoms. The molecule has 2 aromatic carbocycles. The van der Waals surface area contributed by atoms with Crippen LogP contribution in [0.3, 0.4) is 0 Å². The third-order valence-corrected chi connectivity index (χ3v) is 6.32. The van der Waals surface area contributed by atoms with Crippen LogP contribution >= 0.6 is 0 Å². The molecular weight excluding hydrogens is 471 g/mol. The number of hydrogen-bond acceptors (Lipinski definition) is 5. The molecule has 0 bridgehead atoms. The zero-order valence-corrected chi connectivity index (χ0v) is 19.1. The minimum atomic E-state index is -4.36. The highest BCUT2D eigenvalue weighted by Gasteiger charge is 2.30. The summed E-state index contributed by atoms with van der Waals surface area (Å²) in [5.74, 6) is -0.0945. The van der Waals surface area contributed by atoms with Crippen molar-refractivity contribution in [3.63, 3.8) is 0 Å². The quantitative estimate of drug-likeness (QED) is 0.467. The van der Waals surface area contributed by atoms with E-state index in [4.69, 9.17) is 0 Å². The van der Waals surface area contributed by atoms with Crippen molar-refractivity contribution in [2.24, 2.45) is 0 Å². The van der Waals surface area contributed by atoms with Crippen LogP contribution in [0, 0.1) is 0 Å². The van der Waals surface area contributed by atoms with Crippen LogP contribution in [-0.4, -0.2) is 52.2 Å². The number of carbonyl (C=O) groups excluding carboxylic acids is 1. The molecule has 0 aliphatic carbocycles. The minimum Gasteiger partial charge on any atom is -0.368 e. The smallest absolute Gasteiger partial charge is 0.368 e. The third kappa shape index (κ3) is 4.79. The van der Waals surface area contributed by atoms with Gasteiger partial charge in [-0.3, -0.25) is 14.6 Å². The first-order valence-electron chi connectivity index (χ1n) is 11.4. The van der Waals surface area contributed by atoms with E-state index in [0.29, 0.717) is 60.4 Å². The summed E-state index contributed by atoms with van der Waals surface area (Å²) in [7, 11) is 0. The highest BCUT2D eigenvalue weighted by molar-refractivity contribution is 5.94. The number of H-pyrrole nitrogens is 1. The SMILES string of the molecule is O=C(c1ccc(Cc2n[nH]c(=O)c3cccnc23)cc1)N1CCN(c2ccc(C(F)(F)F)cc2)CC1. The third-order valence-electron chi connectivity index (χ3n) is 6.32. The summed E-state index contributed by atoms with van der Waals surface area (Å²) in [6.07, 6.45) is -2.29. The van der Waals surface area contributed by atoms with Gasteiger partial charge in [-0.25, -0.2) is 5.10 Å². The molecule has 1 amide bonds. The van der Waals surface area contributed by atoms with Crippen LogP contribution in [0.1, 0.15) is 27.2 Å². The molecule has 0 atom stereocenters. The van der Waals surface area contributed by atoms with Crippen LogP contribution in [0.15, 0.2) is 71.7 Å². The summed E-state index contributed by atoms with van der Waals surface area (Å²) in [6, 6.07) is 15.7. The molecule has 0 radical (unpaired) electrons. The van der Waals surface area contributed by atoms with Crippen molar-refractivity contribution in [2.45, 2.75) is 12.6 Å². The van der Waals surface area contributed by atoms with Crippen molar-refractivity contribution in [1.29, 1.82) is 0 Å². The first-order chi connectivity index (χ1) is 17.3. The Hall–Kier alpha value is -4.21. The number of carbonyl (C=O) groups is 1. The Labute approximate surface area is 204 Å². The molecule has 184 valence electrons. The lowest BCUT2D eigenvalue weighted by Crippen LogP contribution is -2.48. The molecule has 36 heavy (non-hydrogen) atoms. The van der Waals surface area contributed by atoms with Crippen LogP contribution in [0.5, 0.6) is 0 Å². The molecule has 1 saturated heterocycles. The zero-order valence-electron chi connectivity index (χ0n) is 19.1. The first-order valence-corrected chi connectivity index (χ1v) is 11.4. The van der Waals surface area contributed by atoms with Crippen molar-refractivity contribution in [3.8, 4) is 0 Å². The van der Waals surface area contributed by atoms with Gasteiger partial charge in [0.05, 0.1) is 22.2 Å². The fourth-order valence-corrected chi connectivity index (χ4v) is 4.34. The van der Waals surface area contributed by atoms with E-state index in [2.05, 4.69) is 15.2 Å². The first kappa shape index (κ1) is 23.5. The highest BCUT2D eigenvalue weighted by Crippen LogP contribution is 2.30. The molecule has 1 N–H and O–H groups in total. The second-order valence-corrected chi connectivity index (χ2v) is 8.60. The van der Waals surface area contributed by atoms with Gasteiger partial charge in [0.2, 0.25) is 0 Å². The largest absolute Gasteiger partial charge is 0.416 e. The van der Waals surface area contributed by atoms with Gasteiger partial charge in [-0.1, -0.05) is 12.1 Å². The van der Waals surface area contributed by atoms with Crippen LogP contribution in [-0.2, 0) is 12.6 Å². The van der Waals surface area contributed by atoms with Gasteiger partial charge in [0, 0.05) is 50.0 Å². The number of hydrogen-bond donors (Lipinski definition) is 1. The fraction of sp³-hybridized carbons (Fsp3) is 0.231. The summed E-state index contributed by atoms with van der Waals surface area (Å²) in [5, 5.41) is 7.12. The van der Waals surface area contributed by atoms with Gasteiger partial charge < -0.3 is 9.80 Å². The molecule has 0 saturated carbocycles. The summed E-state index contributed by atoms with van der Waals surface area (Å²) >= 11 is 0. The number of nitrogens with zero attached hydrogens (tertiary/aromatic N) is 4. The van der Waals surface area contributed by atoms with Crippen LogP contribution < -0.4 is 10.5 Å². The number of pyridine rings is 1. The minimum absolute atomic E-state index is 0.0945. The summed E-state index contributed by atoms with van der Waals surface area (Å²) in [4.78, 5) is 33.0. The molecule has 0 spiro atoms. The zero-order chi connectivity index (χ0) is 25.3. The van der Waals surface area contributed by atoms with Crippen molar-refractivity contribution >= 4 is 22.5 Å². The maximum absolute atomic E-state index is 13.0. The Kier molecular flexibility index (Phi) is 6.17. The Morgan fingerprint density at radius 3 is 2.31 bits per heavy atom. The summed E-state index contributed by atoms with van der Waals surface area (Å²) in [6.45, 7) is 2.02. The normalized spacial score (nSPS) is 14.3. The van der Waals surface area contributed by atoms with E-state index in [1.165, 1.54) is 12.1 Å².